The van der Waals surface area contributed by atoms with E-state index in [-0.39, 0.29) is 0 Å². The van der Waals surface area contributed by atoms with Gasteiger partial charge in [0.25, 0.3) is 0 Å². The van der Waals surface area contributed by atoms with Crippen LogP contribution in [0.2, 0.25) is 0 Å². The summed E-state index contributed by atoms with van der Waals surface area (Å²) in [4.78, 5) is 0. The topological polar surface area (TPSA) is 9.23 Å². The van der Waals surface area contributed by atoms with Crippen molar-refractivity contribution in [1.29, 1.82) is 0 Å². The minimum absolute atomic E-state index is 1.04. The maximum absolute atomic E-state index is 5.36. The highest BCUT2D eigenvalue weighted by molar-refractivity contribution is 5.33. The smallest absolute Gasteiger partial charge is 0.122 e. The molecule has 0 aliphatic carbocycles. The summed E-state index contributed by atoms with van der Waals surface area (Å²) in [6, 6.07) is 8.36. The van der Waals surface area contributed by atoms with E-state index >= 15 is 0 Å². The van der Waals surface area contributed by atoms with Crippen LogP contribution in [0.1, 0.15) is 57.4 Å². The average Bonchev–Trinajstić information content (AvgIpc) is 2.38. The average molecular weight is 234 g/mol. The minimum atomic E-state index is 1.04. The normalized spacial score (nSPS) is 10.5. The Balaban J connectivity index is 2.13. The lowest BCUT2D eigenvalue weighted by atomic mass is 10.0. The Labute approximate surface area is 106 Å². The van der Waals surface area contributed by atoms with E-state index in [0.29, 0.717) is 0 Å². The number of ether oxygens (including phenoxy) is 1. The molecule has 0 saturated heterocycles. The van der Waals surface area contributed by atoms with Crippen molar-refractivity contribution in [3.05, 3.63) is 29.8 Å². The molecule has 0 radical (unpaired) electrons. The molecule has 0 fully saturated rings. The maximum atomic E-state index is 5.36. The van der Waals surface area contributed by atoms with E-state index in [0.717, 1.165) is 12.2 Å². The molecule has 0 aliphatic heterocycles. The molecule has 0 unspecified atom stereocenters. The van der Waals surface area contributed by atoms with Crippen LogP contribution in [0.15, 0.2) is 24.3 Å². The SMILES string of the molecule is CCCCCCCCCc1ccccc1OC. The quantitative estimate of drug-likeness (QED) is 0.547. The van der Waals surface area contributed by atoms with Gasteiger partial charge in [-0.1, -0.05) is 63.6 Å². The van der Waals surface area contributed by atoms with Crippen molar-refractivity contribution in [3.8, 4) is 5.75 Å². The van der Waals surface area contributed by atoms with E-state index in [4.69, 9.17) is 4.74 Å². The second kappa shape index (κ2) is 9.09. The second-order valence-corrected chi connectivity index (χ2v) is 4.68. The summed E-state index contributed by atoms with van der Waals surface area (Å²) in [6.07, 6.45) is 10.7. The van der Waals surface area contributed by atoms with Gasteiger partial charge in [0, 0.05) is 0 Å². The fourth-order valence-corrected chi connectivity index (χ4v) is 2.18. The molecule has 0 aromatic heterocycles. The number of hydrogen-bond donors (Lipinski definition) is 0. The van der Waals surface area contributed by atoms with Crippen LogP contribution in [-0.4, -0.2) is 7.11 Å². The van der Waals surface area contributed by atoms with Gasteiger partial charge in [0.05, 0.1) is 7.11 Å². The summed E-state index contributed by atoms with van der Waals surface area (Å²) in [5, 5.41) is 0. The lowest BCUT2D eigenvalue weighted by Gasteiger charge is -2.07. The first-order valence-electron chi connectivity index (χ1n) is 7.00. The Morgan fingerprint density at radius 1 is 0.882 bits per heavy atom. The standard InChI is InChI=1S/C16H26O/c1-3-4-5-6-7-8-9-12-15-13-10-11-14-16(15)17-2/h10-11,13-14H,3-9,12H2,1-2H3. The van der Waals surface area contributed by atoms with Crippen molar-refractivity contribution in [1.82, 2.24) is 0 Å². The summed E-state index contributed by atoms with van der Waals surface area (Å²) < 4.78 is 5.36. The molecule has 0 spiro atoms. The van der Waals surface area contributed by atoms with Gasteiger partial charge in [-0.3, -0.25) is 0 Å². The van der Waals surface area contributed by atoms with Gasteiger partial charge in [-0.25, -0.2) is 0 Å². The number of para-hydroxylation sites is 1. The lowest BCUT2D eigenvalue weighted by Crippen LogP contribution is -1.92. The molecular formula is C16H26O. The molecule has 0 saturated carbocycles. The second-order valence-electron chi connectivity index (χ2n) is 4.68. The van der Waals surface area contributed by atoms with E-state index in [9.17, 15) is 0 Å². The highest BCUT2D eigenvalue weighted by Gasteiger charge is 2.00. The van der Waals surface area contributed by atoms with Crippen molar-refractivity contribution in [2.75, 3.05) is 7.11 Å². The van der Waals surface area contributed by atoms with E-state index in [1.54, 1.807) is 7.11 Å². The molecule has 1 aromatic rings. The summed E-state index contributed by atoms with van der Waals surface area (Å²) in [5.41, 5.74) is 1.35. The van der Waals surface area contributed by atoms with Gasteiger partial charge in [-0.05, 0) is 24.5 Å². The molecule has 0 bridgehead atoms. The molecule has 0 atom stereocenters. The summed E-state index contributed by atoms with van der Waals surface area (Å²) in [6.45, 7) is 2.27. The first kappa shape index (κ1) is 14.1. The zero-order chi connectivity index (χ0) is 12.3. The Hall–Kier alpha value is -0.980. The van der Waals surface area contributed by atoms with E-state index in [1.807, 2.05) is 6.07 Å². The van der Waals surface area contributed by atoms with E-state index in [2.05, 4.69) is 25.1 Å². The van der Waals surface area contributed by atoms with Crippen molar-refractivity contribution >= 4 is 0 Å². The van der Waals surface area contributed by atoms with Crippen LogP contribution >= 0.6 is 0 Å². The van der Waals surface area contributed by atoms with Gasteiger partial charge < -0.3 is 4.74 Å². The van der Waals surface area contributed by atoms with Gasteiger partial charge in [-0.15, -0.1) is 0 Å². The van der Waals surface area contributed by atoms with E-state index in [1.165, 1.54) is 50.5 Å². The number of aryl methyl sites for hydroxylation is 1. The third-order valence-corrected chi connectivity index (χ3v) is 3.24. The minimum Gasteiger partial charge on any atom is -0.496 e. The molecule has 1 aromatic carbocycles. The molecule has 1 nitrogen and oxygen atoms in total. The Morgan fingerprint density at radius 3 is 2.24 bits per heavy atom. The van der Waals surface area contributed by atoms with Crippen molar-refractivity contribution < 1.29 is 4.74 Å². The van der Waals surface area contributed by atoms with Crippen LogP contribution < -0.4 is 4.74 Å². The maximum Gasteiger partial charge on any atom is 0.122 e. The number of hydrogen-bond acceptors (Lipinski definition) is 1. The van der Waals surface area contributed by atoms with E-state index < -0.39 is 0 Å². The van der Waals surface area contributed by atoms with Crippen LogP contribution in [0.25, 0.3) is 0 Å². The van der Waals surface area contributed by atoms with Gasteiger partial charge in [-0.2, -0.15) is 0 Å². The Bertz CT molecular complexity index is 293. The van der Waals surface area contributed by atoms with Crippen LogP contribution in [0, 0.1) is 0 Å². The number of unbranched alkanes of at least 4 members (excludes halogenated alkanes) is 6. The van der Waals surface area contributed by atoms with Crippen molar-refractivity contribution in [2.24, 2.45) is 0 Å². The monoisotopic (exact) mass is 234 g/mol. The first-order valence-corrected chi connectivity index (χ1v) is 7.00. The predicted octanol–water partition coefficient (Wildman–Crippen LogP) is 4.99. The zero-order valence-corrected chi connectivity index (χ0v) is 11.4. The largest absolute Gasteiger partial charge is 0.496 e. The van der Waals surface area contributed by atoms with Crippen LogP contribution in [0.5, 0.6) is 5.75 Å². The summed E-state index contributed by atoms with van der Waals surface area (Å²) in [5.74, 6) is 1.04. The molecule has 1 heteroatoms. The van der Waals surface area contributed by atoms with Crippen molar-refractivity contribution in [2.45, 2.75) is 58.3 Å². The molecule has 17 heavy (non-hydrogen) atoms. The van der Waals surface area contributed by atoms with Crippen molar-refractivity contribution in [3.63, 3.8) is 0 Å². The molecule has 0 heterocycles. The number of rotatable bonds is 9. The fraction of sp³-hybridized carbons (Fsp3) is 0.625. The van der Waals surface area contributed by atoms with Crippen LogP contribution in [0.3, 0.4) is 0 Å². The van der Waals surface area contributed by atoms with Crippen LogP contribution in [-0.2, 0) is 6.42 Å². The fourth-order valence-electron chi connectivity index (χ4n) is 2.18. The van der Waals surface area contributed by atoms with Gasteiger partial charge in [0.15, 0.2) is 0 Å². The Morgan fingerprint density at radius 2 is 1.53 bits per heavy atom. The molecule has 0 N–H and O–H groups in total. The molecule has 0 amide bonds. The predicted molar refractivity (Wildman–Crippen MR) is 74.7 cm³/mol. The lowest BCUT2D eigenvalue weighted by molar-refractivity contribution is 0.408. The first-order chi connectivity index (χ1) is 8.38. The Kier molecular flexibility index (Phi) is 7.53. The highest BCUT2D eigenvalue weighted by Crippen LogP contribution is 2.20. The molecular weight excluding hydrogens is 208 g/mol. The number of methoxy groups -OCH3 is 1. The van der Waals surface area contributed by atoms with Gasteiger partial charge >= 0.3 is 0 Å². The third kappa shape index (κ3) is 5.76. The van der Waals surface area contributed by atoms with Gasteiger partial charge in [0.2, 0.25) is 0 Å². The summed E-state index contributed by atoms with van der Waals surface area (Å²) in [7, 11) is 1.75. The summed E-state index contributed by atoms with van der Waals surface area (Å²) >= 11 is 0. The van der Waals surface area contributed by atoms with Gasteiger partial charge in [0.1, 0.15) is 5.75 Å². The molecule has 1 rings (SSSR count). The molecule has 0 aliphatic rings. The molecule has 96 valence electrons. The zero-order valence-electron chi connectivity index (χ0n) is 11.4. The number of benzene rings is 1. The highest BCUT2D eigenvalue weighted by atomic mass is 16.5. The third-order valence-electron chi connectivity index (χ3n) is 3.24. The van der Waals surface area contributed by atoms with Crippen LogP contribution in [0.4, 0.5) is 0 Å².